The van der Waals surface area contributed by atoms with Crippen molar-refractivity contribution < 1.29 is 4.74 Å². The van der Waals surface area contributed by atoms with Gasteiger partial charge in [0.25, 0.3) is 0 Å². The molecule has 0 fully saturated rings. The van der Waals surface area contributed by atoms with Crippen LogP contribution in [0.3, 0.4) is 0 Å². The highest BCUT2D eigenvalue weighted by atomic mass is 16.5. The highest BCUT2D eigenvalue weighted by molar-refractivity contribution is 5.87. The van der Waals surface area contributed by atoms with E-state index < -0.39 is 0 Å². The molecular formula is C47H35N3O. The predicted molar refractivity (Wildman–Crippen MR) is 205 cm³/mol. The van der Waals surface area contributed by atoms with Gasteiger partial charge in [0.15, 0.2) is 5.82 Å². The molecule has 7 aromatic rings. The summed E-state index contributed by atoms with van der Waals surface area (Å²) in [6, 6.07) is 50.7. The molecule has 1 aliphatic carbocycles. The number of fused-ring (bicyclic) bond motifs is 5. The Balaban J connectivity index is 1.18. The molecule has 0 N–H and O–H groups in total. The summed E-state index contributed by atoms with van der Waals surface area (Å²) in [6.07, 6.45) is 0. The zero-order valence-corrected chi connectivity index (χ0v) is 29.0. The summed E-state index contributed by atoms with van der Waals surface area (Å²) in [5.74, 6) is 2.21. The van der Waals surface area contributed by atoms with E-state index in [4.69, 9.17) is 14.7 Å². The molecule has 4 heteroatoms. The summed E-state index contributed by atoms with van der Waals surface area (Å²) in [4.78, 5) is 10.4. The maximum absolute atomic E-state index is 9.57. The summed E-state index contributed by atoms with van der Waals surface area (Å²) >= 11 is 0. The Bertz CT molecular complexity index is 2580. The van der Waals surface area contributed by atoms with Gasteiger partial charge in [-0.3, -0.25) is 0 Å². The van der Waals surface area contributed by atoms with E-state index in [1.165, 1.54) is 22.3 Å². The normalized spacial score (nSPS) is 14.3. The van der Waals surface area contributed by atoms with Crippen LogP contribution in [0.25, 0.3) is 56.2 Å². The predicted octanol–water partition coefficient (Wildman–Crippen LogP) is 11.8. The molecule has 4 nitrogen and oxygen atoms in total. The lowest BCUT2D eigenvalue weighted by Gasteiger charge is -2.34. The van der Waals surface area contributed by atoms with Gasteiger partial charge in [-0.25, -0.2) is 9.97 Å². The van der Waals surface area contributed by atoms with Crippen LogP contribution in [0, 0.1) is 11.3 Å². The second-order valence-electron chi connectivity index (χ2n) is 14.6. The number of benzene rings is 6. The fourth-order valence-electron chi connectivity index (χ4n) is 8.02. The van der Waals surface area contributed by atoms with Crippen LogP contribution in [0.2, 0.25) is 0 Å². The molecule has 0 saturated heterocycles. The lowest BCUT2D eigenvalue weighted by Crippen LogP contribution is -2.24. The third-order valence-corrected chi connectivity index (χ3v) is 10.8. The van der Waals surface area contributed by atoms with Crippen LogP contribution < -0.4 is 4.74 Å². The molecule has 1 aromatic heterocycles. The van der Waals surface area contributed by atoms with E-state index in [9.17, 15) is 5.26 Å². The Morgan fingerprint density at radius 3 is 1.86 bits per heavy atom. The standard InChI is InChI=1S/C47H35N3O/c1-46(2)37-17-11-10-15-34(37)35-21-19-32(25-40(35)46)41-27-42(50-45(49-41)30-12-6-5-7-13-30)36-16-9-8-14-33(36)31-20-23-39-44(26-31)51-43-24-29(28-48)18-22-38(43)47(39,3)4/h5-27H,1-4H3. The zero-order chi connectivity index (χ0) is 34.9. The van der Waals surface area contributed by atoms with Crippen molar-refractivity contribution in [1.82, 2.24) is 9.97 Å². The molecule has 0 spiro atoms. The van der Waals surface area contributed by atoms with Crippen molar-refractivity contribution >= 4 is 0 Å². The van der Waals surface area contributed by atoms with Crippen molar-refractivity contribution in [2.24, 2.45) is 0 Å². The molecule has 0 atom stereocenters. The summed E-state index contributed by atoms with van der Waals surface area (Å²) < 4.78 is 6.52. The van der Waals surface area contributed by atoms with Crippen molar-refractivity contribution in [3.8, 4) is 73.7 Å². The Labute approximate surface area is 298 Å². The summed E-state index contributed by atoms with van der Waals surface area (Å²) in [6.45, 7) is 9.03. The summed E-state index contributed by atoms with van der Waals surface area (Å²) in [5, 5.41) is 9.57. The van der Waals surface area contributed by atoms with E-state index in [1.54, 1.807) is 0 Å². The van der Waals surface area contributed by atoms with Gasteiger partial charge in [-0.15, -0.1) is 0 Å². The van der Waals surface area contributed by atoms with Gasteiger partial charge in [0.05, 0.1) is 23.0 Å². The molecule has 0 bridgehead atoms. The molecule has 2 heterocycles. The first-order valence-corrected chi connectivity index (χ1v) is 17.4. The molecule has 2 aliphatic rings. The smallest absolute Gasteiger partial charge is 0.160 e. The lowest BCUT2D eigenvalue weighted by molar-refractivity contribution is 0.418. The summed E-state index contributed by atoms with van der Waals surface area (Å²) in [5.41, 5.74) is 14.4. The van der Waals surface area contributed by atoms with Gasteiger partial charge in [0.1, 0.15) is 11.5 Å². The molecule has 244 valence electrons. The van der Waals surface area contributed by atoms with Crippen LogP contribution in [0.4, 0.5) is 0 Å². The van der Waals surface area contributed by atoms with Gasteiger partial charge in [0.2, 0.25) is 0 Å². The number of nitrogens with zero attached hydrogens (tertiary/aromatic N) is 3. The van der Waals surface area contributed by atoms with Crippen molar-refractivity contribution in [2.45, 2.75) is 38.5 Å². The highest BCUT2D eigenvalue weighted by Crippen LogP contribution is 2.51. The minimum absolute atomic E-state index is 0.119. The number of hydrogen-bond acceptors (Lipinski definition) is 4. The minimum atomic E-state index is -0.285. The monoisotopic (exact) mass is 657 g/mol. The highest BCUT2D eigenvalue weighted by Gasteiger charge is 2.36. The molecule has 0 unspecified atom stereocenters. The number of nitriles is 1. The van der Waals surface area contributed by atoms with Crippen molar-refractivity contribution in [3.63, 3.8) is 0 Å². The van der Waals surface area contributed by atoms with Gasteiger partial charge in [-0.1, -0.05) is 137 Å². The van der Waals surface area contributed by atoms with Gasteiger partial charge in [-0.2, -0.15) is 5.26 Å². The molecule has 6 aromatic carbocycles. The van der Waals surface area contributed by atoms with Crippen molar-refractivity contribution in [2.75, 3.05) is 0 Å². The number of aromatic nitrogens is 2. The molecule has 0 radical (unpaired) electrons. The Morgan fingerprint density at radius 2 is 1.08 bits per heavy atom. The Hall–Kier alpha value is -6.31. The van der Waals surface area contributed by atoms with Crippen molar-refractivity contribution in [1.29, 1.82) is 5.26 Å². The molecule has 0 amide bonds. The second-order valence-corrected chi connectivity index (χ2v) is 14.6. The summed E-state index contributed by atoms with van der Waals surface area (Å²) in [7, 11) is 0. The molecular weight excluding hydrogens is 623 g/mol. The van der Waals surface area contributed by atoms with E-state index in [2.05, 4.69) is 137 Å². The topological polar surface area (TPSA) is 58.8 Å². The van der Waals surface area contributed by atoms with Crippen molar-refractivity contribution in [3.05, 3.63) is 167 Å². The van der Waals surface area contributed by atoms with E-state index in [0.717, 1.165) is 61.8 Å². The number of ether oxygens (including phenoxy) is 1. The van der Waals surface area contributed by atoms with E-state index >= 15 is 0 Å². The Kier molecular flexibility index (Phi) is 6.85. The second kappa shape index (κ2) is 11.4. The lowest BCUT2D eigenvalue weighted by atomic mass is 9.75. The third-order valence-electron chi connectivity index (χ3n) is 10.8. The largest absolute Gasteiger partial charge is 0.457 e. The average molecular weight is 658 g/mol. The van der Waals surface area contributed by atoms with Crippen LogP contribution in [-0.2, 0) is 10.8 Å². The zero-order valence-electron chi connectivity index (χ0n) is 29.0. The molecule has 0 saturated carbocycles. The first-order chi connectivity index (χ1) is 24.7. The first-order valence-electron chi connectivity index (χ1n) is 17.4. The van der Waals surface area contributed by atoms with Crippen LogP contribution >= 0.6 is 0 Å². The van der Waals surface area contributed by atoms with Crippen LogP contribution in [-0.4, -0.2) is 9.97 Å². The van der Waals surface area contributed by atoms with E-state index in [-0.39, 0.29) is 10.8 Å². The SMILES string of the molecule is CC1(C)c2ccc(C#N)cc2Oc2cc(-c3ccccc3-c3cc(-c4ccc5c(c4)C(C)(C)c4ccccc4-5)nc(-c4ccccc4)n3)ccc21. The maximum atomic E-state index is 9.57. The first kappa shape index (κ1) is 30.7. The quantitative estimate of drug-likeness (QED) is 0.189. The average Bonchev–Trinajstić information content (AvgIpc) is 3.40. The van der Waals surface area contributed by atoms with E-state index in [0.29, 0.717) is 11.4 Å². The molecule has 51 heavy (non-hydrogen) atoms. The maximum Gasteiger partial charge on any atom is 0.160 e. The number of rotatable bonds is 4. The van der Waals surface area contributed by atoms with E-state index in [1.807, 2.05) is 36.4 Å². The van der Waals surface area contributed by atoms with Crippen LogP contribution in [0.1, 0.15) is 55.5 Å². The van der Waals surface area contributed by atoms with Gasteiger partial charge in [-0.05, 0) is 63.7 Å². The van der Waals surface area contributed by atoms with Gasteiger partial charge in [0, 0.05) is 38.6 Å². The number of hydrogen-bond donors (Lipinski definition) is 0. The Morgan fingerprint density at radius 1 is 0.471 bits per heavy atom. The van der Waals surface area contributed by atoms with Gasteiger partial charge < -0.3 is 4.74 Å². The van der Waals surface area contributed by atoms with Gasteiger partial charge >= 0.3 is 0 Å². The third kappa shape index (κ3) is 4.88. The fourth-order valence-corrected chi connectivity index (χ4v) is 8.02. The fraction of sp³-hybridized carbons (Fsp3) is 0.128. The molecule has 9 rings (SSSR count). The van der Waals surface area contributed by atoms with Crippen LogP contribution in [0.15, 0.2) is 140 Å². The minimum Gasteiger partial charge on any atom is -0.457 e. The van der Waals surface area contributed by atoms with Crippen LogP contribution in [0.5, 0.6) is 11.5 Å². The molecule has 1 aliphatic heterocycles.